The lowest BCUT2D eigenvalue weighted by molar-refractivity contribution is -0.151. The summed E-state index contributed by atoms with van der Waals surface area (Å²) in [5.41, 5.74) is 0.829. The van der Waals surface area contributed by atoms with Gasteiger partial charge in [-0.05, 0) is 17.7 Å². The minimum absolute atomic E-state index is 0. The second-order valence-corrected chi connectivity index (χ2v) is 5.41. The smallest absolute Gasteiger partial charge is 0.333 e. The molecule has 0 aliphatic carbocycles. The minimum atomic E-state index is -4.31. The summed E-state index contributed by atoms with van der Waals surface area (Å²) >= 11 is 5.94. The molecule has 1 saturated heterocycles. The molecule has 8 heteroatoms. The SMILES string of the molecule is Cl.O=C(CCC(F)(F)F)N1CCNCC1c1cccc(Cl)c1. The number of benzene rings is 1. The first-order chi connectivity index (χ1) is 9.87. The molecule has 22 heavy (non-hydrogen) atoms. The van der Waals surface area contributed by atoms with E-state index in [0.29, 0.717) is 24.7 Å². The van der Waals surface area contributed by atoms with Crippen LogP contribution in [0.15, 0.2) is 24.3 Å². The Balaban J connectivity index is 0.00000242. The third-order valence-corrected chi connectivity index (χ3v) is 3.65. The van der Waals surface area contributed by atoms with Gasteiger partial charge in [-0.2, -0.15) is 13.2 Å². The van der Waals surface area contributed by atoms with Gasteiger partial charge in [0.2, 0.25) is 5.91 Å². The van der Waals surface area contributed by atoms with Crippen molar-refractivity contribution < 1.29 is 18.0 Å². The molecular formula is C14H17Cl2F3N2O. The van der Waals surface area contributed by atoms with Crippen molar-refractivity contribution in [2.75, 3.05) is 19.6 Å². The van der Waals surface area contributed by atoms with Gasteiger partial charge in [-0.15, -0.1) is 12.4 Å². The van der Waals surface area contributed by atoms with Gasteiger partial charge in [-0.1, -0.05) is 23.7 Å². The summed E-state index contributed by atoms with van der Waals surface area (Å²) in [5, 5.41) is 3.69. The van der Waals surface area contributed by atoms with Crippen LogP contribution in [0.5, 0.6) is 0 Å². The van der Waals surface area contributed by atoms with E-state index in [1.54, 1.807) is 18.2 Å². The van der Waals surface area contributed by atoms with Gasteiger partial charge >= 0.3 is 6.18 Å². The van der Waals surface area contributed by atoms with E-state index in [1.807, 2.05) is 6.07 Å². The number of nitrogens with zero attached hydrogens (tertiary/aromatic N) is 1. The number of hydrogen-bond donors (Lipinski definition) is 1. The lowest BCUT2D eigenvalue weighted by Crippen LogP contribution is -2.48. The number of rotatable bonds is 3. The van der Waals surface area contributed by atoms with Crippen molar-refractivity contribution in [2.45, 2.75) is 25.1 Å². The summed E-state index contributed by atoms with van der Waals surface area (Å²) in [6.45, 7) is 1.49. The third-order valence-electron chi connectivity index (χ3n) is 3.42. The maximum Gasteiger partial charge on any atom is 0.389 e. The molecular weight excluding hydrogens is 340 g/mol. The van der Waals surface area contributed by atoms with Crippen molar-refractivity contribution >= 4 is 29.9 Å². The molecule has 0 spiro atoms. The average Bonchev–Trinajstić information content (AvgIpc) is 2.44. The fourth-order valence-corrected chi connectivity index (χ4v) is 2.61. The van der Waals surface area contributed by atoms with Gasteiger partial charge < -0.3 is 10.2 Å². The Morgan fingerprint density at radius 3 is 2.77 bits per heavy atom. The summed E-state index contributed by atoms with van der Waals surface area (Å²) in [7, 11) is 0. The number of halogens is 5. The van der Waals surface area contributed by atoms with Crippen molar-refractivity contribution in [2.24, 2.45) is 0 Å². The van der Waals surface area contributed by atoms with Crippen molar-refractivity contribution in [3.05, 3.63) is 34.9 Å². The summed E-state index contributed by atoms with van der Waals surface area (Å²) in [5.74, 6) is -0.473. The molecule has 1 atom stereocenters. The van der Waals surface area contributed by atoms with Crippen LogP contribution in [0.25, 0.3) is 0 Å². The molecule has 124 valence electrons. The summed E-state index contributed by atoms with van der Waals surface area (Å²) in [4.78, 5) is 13.6. The van der Waals surface area contributed by atoms with E-state index in [9.17, 15) is 18.0 Å². The van der Waals surface area contributed by atoms with E-state index < -0.39 is 24.9 Å². The predicted molar refractivity (Wildman–Crippen MR) is 81.3 cm³/mol. The Morgan fingerprint density at radius 2 is 2.14 bits per heavy atom. The molecule has 1 aromatic carbocycles. The van der Waals surface area contributed by atoms with Crippen LogP contribution in [-0.4, -0.2) is 36.6 Å². The van der Waals surface area contributed by atoms with E-state index in [1.165, 1.54) is 4.90 Å². The first kappa shape index (κ1) is 19.1. The Labute approximate surface area is 138 Å². The van der Waals surface area contributed by atoms with Gasteiger partial charge in [0.1, 0.15) is 0 Å². The zero-order valence-electron chi connectivity index (χ0n) is 11.7. The monoisotopic (exact) mass is 356 g/mol. The number of carbonyl (C=O) groups is 1. The standard InChI is InChI=1S/C14H16ClF3N2O.ClH/c15-11-3-1-2-10(8-11)12-9-19-6-7-20(12)13(21)4-5-14(16,17)18;/h1-3,8,12,19H,4-7,9H2;1H. The highest BCUT2D eigenvalue weighted by Crippen LogP contribution is 2.27. The Hall–Kier alpha value is -0.980. The normalized spacial score (nSPS) is 18.7. The van der Waals surface area contributed by atoms with Gasteiger partial charge in [0, 0.05) is 31.1 Å². The summed E-state index contributed by atoms with van der Waals surface area (Å²) in [6.07, 6.45) is -5.91. The van der Waals surface area contributed by atoms with Crippen LogP contribution < -0.4 is 5.32 Å². The highest BCUT2D eigenvalue weighted by atomic mass is 35.5. The molecule has 1 aliphatic heterocycles. The van der Waals surface area contributed by atoms with Gasteiger partial charge in [0.25, 0.3) is 0 Å². The number of nitrogens with one attached hydrogen (secondary N) is 1. The molecule has 0 saturated carbocycles. The van der Waals surface area contributed by atoms with E-state index in [4.69, 9.17) is 11.6 Å². The molecule has 1 amide bonds. The molecule has 2 rings (SSSR count). The van der Waals surface area contributed by atoms with Crippen LogP contribution in [0, 0.1) is 0 Å². The zero-order valence-corrected chi connectivity index (χ0v) is 13.3. The molecule has 1 heterocycles. The van der Waals surface area contributed by atoms with Crippen LogP contribution >= 0.6 is 24.0 Å². The maximum atomic E-state index is 12.3. The first-order valence-electron chi connectivity index (χ1n) is 6.69. The van der Waals surface area contributed by atoms with Gasteiger partial charge in [0.05, 0.1) is 12.5 Å². The van der Waals surface area contributed by atoms with Crippen molar-refractivity contribution in [1.29, 1.82) is 0 Å². The van der Waals surface area contributed by atoms with Crippen LogP contribution in [0.4, 0.5) is 13.2 Å². The van der Waals surface area contributed by atoms with Crippen LogP contribution in [-0.2, 0) is 4.79 Å². The highest BCUT2D eigenvalue weighted by Gasteiger charge is 2.32. The second-order valence-electron chi connectivity index (χ2n) is 4.98. The number of alkyl halides is 3. The van der Waals surface area contributed by atoms with E-state index in [2.05, 4.69) is 5.32 Å². The lowest BCUT2D eigenvalue weighted by Gasteiger charge is -2.36. The second kappa shape index (κ2) is 8.04. The lowest BCUT2D eigenvalue weighted by atomic mass is 10.0. The van der Waals surface area contributed by atoms with E-state index in [-0.39, 0.29) is 18.4 Å². The fourth-order valence-electron chi connectivity index (χ4n) is 2.41. The average molecular weight is 357 g/mol. The minimum Gasteiger partial charge on any atom is -0.333 e. The summed E-state index contributed by atoms with van der Waals surface area (Å²) < 4.78 is 36.8. The Morgan fingerprint density at radius 1 is 1.41 bits per heavy atom. The molecule has 0 radical (unpaired) electrons. The largest absolute Gasteiger partial charge is 0.389 e. The number of carbonyl (C=O) groups excluding carboxylic acids is 1. The summed E-state index contributed by atoms with van der Waals surface area (Å²) in [6, 6.07) is 6.77. The molecule has 0 aromatic heterocycles. The molecule has 1 N–H and O–H groups in total. The van der Waals surface area contributed by atoms with Gasteiger partial charge in [-0.25, -0.2) is 0 Å². The predicted octanol–water partition coefficient (Wildman–Crippen LogP) is 3.58. The number of amides is 1. The fraction of sp³-hybridized carbons (Fsp3) is 0.500. The Kier molecular flexibility index (Phi) is 6.97. The quantitative estimate of drug-likeness (QED) is 0.897. The van der Waals surface area contributed by atoms with Crippen molar-refractivity contribution in [1.82, 2.24) is 10.2 Å². The van der Waals surface area contributed by atoms with Crippen LogP contribution in [0.3, 0.4) is 0 Å². The molecule has 3 nitrogen and oxygen atoms in total. The topological polar surface area (TPSA) is 32.3 Å². The Bertz CT molecular complexity index is 511. The van der Waals surface area contributed by atoms with Crippen LogP contribution in [0.2, 0.25) is 5.02 Å². The van der Waals surface area contributed by atoms with Crippen molar-refractivity contribution in [3.8, 4) is 0 Å². The zero-order chi connectivity index (χ0) is 15.5. The molecule has 1 fully saturated rings. The highest BCUT2D eigenvalue weighted by molar-refractivity contribution is 6.30. The molecule has 1 aliphatic rings. The maximum absolute atomic E-state index is 12.3. The number of piperazine rings is 1. The van der Waals surface area contributed by atoms with Crippen LogP contribution in [0.1, 0.15) is 24.4 Å². The number of hydrogen-bond acceptors (Lipinski definition) is 2. The van der Waals surface area contributed by atoms with E-state index >= 15 is 0 Å². The van der Waals surface area contributed by atoms with E-state index in [0.717, 1.165) is 5.56 Å². The molecule has 0 bridgehead atoms. The van der Waals surface area contributed by atoms with Gasteiger partial charge in [0.15, 0.2) is 0 Å². The molecule has 1 unspecified atom stereocenters. The van der Waals surface area contributed by atoms with Crippen molar-refractivity contribution in [3.63, 3.8) is 0 Å². The van der Waals surface area contributed by atoms with Gasteiger partial charge in [-0.3, -0.25) is 4.79 Å². The molecule has 1 aromatic rings. The third kappa shape index (κ3) is 5.34. The first-order valence-corrected chi connectivity index (χ1v) is 7.07.